The Morgan fingerprint density at radius 1 is 1.29 bits per heavy atom. The molecule has 0 bridgehead atoms. The van der Waals surface area contributed by atoms with Crippen LogP contribution in [0.1, 0.15) is 53.0 Å². The van der Waals surface area contributed by atoms with E-state index in [9.17, 15) is 9.59 Å². The number of benzene rings is 1. The van der Waals surface area contributed by atoms with Crippen LogP contribution in [0.3, 0.4) is 0 Å². The number of para-hydroxylation sites is 1. The number of nitrogens with one attached hydrogen (secondary N) is 1. The fourth-order valence-electron chi connectivity index (χ4n) is 4.01. The third-order valence-electron chi connectivity index (χ3n) is 5.77. The zero-order valence-corrected chi connectivity index (χ0v) is 21.3. The lowest BCUT2D eigenvalue weighted by atomic mass is 9.88. The molecule has 1 aromatic carbocycles. The number of hydrogen-bond acceptors (Lipinski definition) is 8. The second-order valence-electron chi connectivity index (χ2n) is 8.36. The molecule has 2 heterocycles. The molecule has 0 fully saturated rings. The number of esters is 1. The van der Waals surface area contributed by atoms with Gasteiger partial charge in [-0.1, -0.05) is 36.9 Å². The number of carbonyl (C=O) groups is 2. The average Bonchev–Trinajstić information content (AvgIpc) is 3.37. The van der Waals surface area contributed by atoms with Crippen LogP contribution in [0.25, 0.3) is 0 Å². The van der Waals surface area contributed by atoms with E-state index in [0.717, 1.165) is 35.5 Å². The lowest BCUT2D eigenvalue weighted by molar-refractivity contribution is -0.113. The molecule has 1 aliphatic carbocycles. The first-order valence-electron chi connectivity index (χ1n) is 11.1. The number of amides is 1. The minimum absolute atomic E-state index is 0.138. The first kappa shape index (κ1) is 24.3. The summed E-state index contributed by atoms with van der Waals surface area (Å²) in [6.07, 6.45) is 2.47. The number of methoxy groups -OCH3 is 1. The Morgan fingerprint density at radius 3 is 2.79 bits per heavy atom. The van der Waals surface area contributed by atoms with Crippen molar-refractivity contribution >= 4 is 40.0 Å². The van der Waals surface area contributed by atoms with Crippen LogP contribution in [0.15, 0.2) is 35.5 Å². The topological polar surface area (TPSA) is 95.3 Å². The maximum atomic E-state index is 12.8. The van der Waals surface area contributed by atoms with Crippen molar-refractivity contribution < 1.29 is 19.1 Å². The molecule has 1 N–H and O–H groups in total. The van der Waals surface area contributed by atoms with E-state index in [2.05, 4.69) is 22.4 Å². The number of ether oxygens (including phenoxy) is 2. The summed E-state index contributed by atoms with van der Waals surface area (Å²) >= 11 is 2.76. The van der Waals surface area contributed by atoms with Crippen LogP contribution >= 0.6 is 23.1 Å². The molecule has 2 unspecified atom stereocenters. The largest absolute Gasteiger partial charge is 0.483 e. The summed E-state index contributed by atoms with van der Waals surface area (Å²) in [4.78, 5) is 26.4. The van der Waals surface area contributed by atoms with Gasteiger partial charge in [0.25, 0.3) is 0 Å². The average molecular weight is 501 g/mol. The van der Waals surface area contributed by atoms with Crippen molar-refractivity contribution in [1.82, 2.24) is 14.8 Å². The van der Waals surface area contributed by atoms with Crippen LogP contribution in [0.4, 0.5) is 5.00 Å². The summed E-state index contributed by atoms with van der Waals surface area (Å²) < 4.78 is 12.8. The van der Waals surface area contributed by atoms with Gasteiger partial charge in [-0.15, -0.1) is 21.5 Å². The Bertz CT molecular complexity index is 1180. The second-order valence-corrected chi connectivity index (χ2v) is 10.4. The van der Waals surface area contributed by atoms with Crippen molar-refractivity contribution in [2.45, 2.75) is 44.4 Å². The third-order valence-corrected chi connectivity index (χ3v) is 7.96. The van der Waals surface area contributed by atoms with E-state index in [4.69, 9.17) is 9.47 Å². The molecule has 4 rings (SSSR count). The molecule has 10 heteroatoms. The maximum absolute atomic E-state index is 12.8. The number of carbonyl (C=O) groups excluding carboxylic acids is 2. The zero-order chi connectivity index (χ0) is 24.2. The van der Waals surface area contributed by atoms with Gasteiger partial charge in [0.1, 0.15) is 10.8 Å². The van der Waals surface area contributed by atoms with Gasteiger partial charge in [-0.2, -0.15) is 0 Å². The van der Waals surface area contributed by atoms with Gasteiger partial charge in [-0.05, 0) is 49.8 Å². The van der Waals surface area contributed by atoms with Crippen molar-refractivity contribution in [3.63, 3.8) is 0 Å². The van der Waals surface area contributed by atoms with Crippen molar-refractivity contribution in [2.24, 2.45) is 13.0 Å². The highest BCUT2D eigenvalue weighted by molar-refractivity contribution is 7.99. The first-order valence-corrected chi connectivity index (χ1v) is 12.9. The number of aromatic nitrogens is 3. The summed E-state index contributed by atoms with van der Waals surface area (Å²) in [6.45, 7) is 4.11. The van der Waals surface area contributed by atoms with Crippen molar-refractivity contribution in [2.75, 3.05) is 18.2 Å². The van der Waals surface area contributed by atoms with E-state index in [0.29, 0.717) is 27.5 Å². The third kappa shape index (κ3) is 5.28. The zero-order valence-electron chi connectivity index (χ0n) is 19.7. The Labute approximate surface area is 207 Å². The Balaban J connectivity index is 1.41. The van der Waals surface area contributed by atoms with Gasteiger partial charge >= 0.3 is 5.97 Å². The molecular formula is C24H28N4O4S2. The molecule has 0 saturated heterocycles. The fourth-order valence-corrected chi connectivity index (χ4v) is 6.14. The number of fused-ring (bicyclic) bond motifs is 1. The summed E-state index contributed by atoms with van der Waals surface area (Å²) in [5.41, 5.74) is 1.52. The maximum Gasteiger partial charge on any atom is 0.341 e. The molecular weight excluding hydrogens is 472 g/mol. The molecule has 0 aliphatic heterocycles. The summed E-state index contributed by atoms with van der Waals surface area (Å²) in [6, 6.07) is 9.53. The van der Waals surface area contributed by atoms with Crippen LogP contribution in [0, 0.1) is 5.92 Å². The summed E-state index contributed by atoms with van der Waals surface area (Å²) in [5, 5.41) is 12.6. The standard InChI is InChI=1S/C24H28N4O4S2/c1-14-10-11-17-18(12-14)34-22(20(17)23(30)31-4)25-19(29)13-33-24-27-26-21(28(24)3)15(2)32-16-8-6-5-7-9-16/h5-9,14-15H,10-13H2,1-4H3,(H,25,29). The first-order chi connectivity index (χ1) is 16.4. The van der Waals surface area contributed by atoms with E-state index in [-0.39, 0.29) is 17.8 Å². The lowest BCUT2D eigenvalue weighted by Gasteiger charge is -2.18. The van der Waals surface area contributed by atoms with E-state index >= 15 is 0 Å². The molecule has 1 aliphatic rings. The molecule has 0 spiro atoms. The normalized spacial score (nSPS) is 15.9. The van der Waals surface area contributed by atoms with Crippen LogP contribution < -0.4 is 10.1 Å². The fraction of sp³-hybridized carbons (Fsp3) is 0.417. The minimum Gasteiger partial charge on any atom is -0.483 e. The highest BCUT2D eigenvalue weighted by Gasteiger charge is 2.29. The van der Waals surface area contributed by atoms with E-state index < -0.39 is 5.97 Å². The van der Waals surface area contributed by atoms with Gasteiger partial charge < -0.3 is 19.4 Å². The Hall–Kier alpha value is -2.85. The number of thioether (sulfide) groups is 1. The lowest BCUT2D eigenvalue weighted by Crippen LogP contribution is -2.17. The van der Waals surface area contributed by atoms with E-state index in [1.807, 2.05) is 48.9 Å². The molecule has 0 radical (unpaired) electrons. The molecule has 34 heavy (non-hydrogen) atoms. The number of thiophene rings is 1. The predicted octanol–water partition coefficient (Wildman–Crippen LogP) is 4.66. The molecule has 2 aromatic heterocycles. The summed E-state index contributed by atoms with van der Waals surface area (Å²) in [5.74, 6) is 1.51. The van der Waals surface area contributed by atoms with Gasteiger partial charge in [0.2, 0.25) is 5.91 Å². The Morgan fingerprint density at radius 2 is 2.06 bits per heavy atom. The van der Waals surface area contributed by atoms with Gasteiger partial charge in [0, 0.05) is 11.9 Å². The van der Waals surface area contributed by atoms with Gasteiger partial charge in [0.05, 0.1) is 18.4 Å². The van der Waals surface area contributed by atoms with Crippen LogP contribution in [0.2, 0.25) is 0 Å². The van der Waals surface area contributed by atoms with Gasteiger partial charge in [-0.25, -0.2) is 4.79 Å². The van der Waals surface area contributed by atoms with Crippen LogP contribution in [-0.2, 0) is 29.4 Å². The molecule has 2 atom stereocenters. The molecule has 1 amide bonds. The monoisotopic (exact) mass is 500 g/mol. The molecule has 180 valence electrons. The number of rotatable bonds is 8. The highest BCUT2D eigenvalue weighted by Crippen LogP contribution is 2.40. The van der Waals surface area contributed by atoms with Crippen molar-refractivity contribution in [1.29, 1.82) is 0 Å². The smallest absolute Gasteiger partial charge is 0.341 e. The highest BCUT2D eigenvalue weighted by atomic mass is 32.2. The summed E-state index contributed by atoms with van der Waals surface area (Å²) in [7, 11) is 3.22. The quantitative estimate of drug-likeness (QED) is 0.355. The van der Waals surface area contributed by atoms with Crippen LogP contribution in [-0.4, -0.2) is 39.5 Å². The van der Waals surface area contributed by atoms with Crippen molar-refractivity contribution in [3.05, 3.63) is 52.2 Å². The van der Waals surface area contributed by atoms with Gasteiger partial charge in [-0.3, -0.25) is 4.79 Å². The van der Waals surface area contributed by atoms with Crippen LogP contribution in [0.5, 0.6) is 5.75 Å². The number of nitrogens with zero attached hydrogens (tertiary/aromatic N) is 3. The van der Waals surface area contributed by atoms with Gasteiger partial charge in [0.15, 0.2) is 17.1 Å². The van der Waals surface area contributed by atoms with E-state index in [1.54, 1.807) is 0 Å². The predicted molar refractivity (Wildman–Crippen MR) is 133 cm³/mol. The minimum atomic E-state index is -0.402. The number of anilines is 1. The number of hydrogen-bond donors (Lipinski definition) is 1. The molecule has 8 nitrogen and oxygen atoms in total. The second kappa shape index (κ2) is 10.6. The van der Waals surface area contributed by atoms with E-state index in [1.165, 1.54) is 30.2 Å². The SMILES string of the molecule is COC(=O)c1c(NC(=O)CSc2nnc(C(C)Oc3ccccc3)n2C)sc2c1CCC(C)C2. The molecule has 0 saturated carbocycles. The Kier molecular flexibility index (Phi) is 7.57. The molecule has 3 aromatic rings. The van der Waals surface area contributed by atoms with Crippen molar-refractivity contribution in [3.8, 4) is 5.75 Å².